The summed E-state index contributed by atoms with van der Waals surface area (Å²) in [4.78, 5) is 11.7. The molecule has 2 atom stereocenters. The second kappa shape index (κ2) is 5.88. The summed E-state index contributed by atoms with van der Waals surface area (Å²) in [6.45, 7) is 0.117. The van der Waals surface area contributed by atoms with E-state index in [4.69, 9.17) is 5.21 Å². The molecule has 0 aromatic heterocycles. The molecule has 2 unspecified atom stereocenters. The third-order valence-electron chi connectivity index (χ3n) is 3.28. The molecule has 1 aromatic rings. The number of carbonyl (C=O) groups excluding carboxylic acids is 1. The van der Waals surface area contributed by atoms with Crippen LogP contribution in [0.15, 0.2) is 35.2 Å². The van der Waals surface area contributed by atoms with Gasteiger partial charge >= 0.3 is 0 Å². The number of hydroxylamine groups is 1. The Balaban J connectivity index is 2.40. The van der Waals surface area contributed by atoms with Gasteiger partial charge in [0.25, 0.3) is 5.91 Å². The fourth-order valence-corrected chi connectivity index (χ4v) is 3.99. The normalized spacial score (nSPS) is 24.3. The number of aliphatic hydroxyl groups excluding tert-OH is 1. The predicted octanol–water partition coefficient (Wildman–Crippen LogP) is -0.294. The van der Waals surface area contributed by atoms with E-state index in [0.29, 0.717) is 12.8 Å². The van der Waals surface area contributed by atoms with Crippen molar-refractivity contribution in [2.24, 2.45) is 0 Å². The third kappa shape index (κ3) is 2.68. The molecular weight excluding hydrogens is 284 g/mol. The minimum absolute atomic E-state index is 0.0461. The number of nitrogens with zero attached hydrogens (tertiary/aromatic N) is 1. The van der Waals surface area contributed by atoms with Gasteiger partial charge in [0.15, 0.2) is 0 Å². The van der Waals surface area contributed by atoms with Crippen molar-refractivity contribution in [2.45, 2.75) is 29.9 Å². The Hall–Kier alpha value is -1.48. The lowest BCUT2D eigenvalue weighted by atomic mass is 10.0. The van der Waals surface area contributed by atoms with Crippen LogP contribution in [-0.2, 0) is 14.8 Å². The molecule has 3 N–H and O–H groups in total. The summed E-state index contributed by atoms with van der Waals surface area (Å²) in [6.07, 6.45) is -0.393. The van der Waals surface area contributed by atoms with Crippen LogP contribution in [0.4, 0.5) is 0 Å². The number of piperidine rings is 1. The van der Waals surface area contributed by atoms with Crippen molar-refractivity contribution < 1.29 is 23.5 Å². The minimum atomic E-state index is -3.90. The molecule has 1 aliphatic heterocycles. The van der Waals surface area contributed by atoms with Crippen LogP contribution in [0.1, 0.15) is 12.8 Å². The molecule has 1 heterocycles. The van der Waals surface area contributed by atoms with Gasteiger partial charge in [0.1, 0.15) is 6.04 Å². The summed E-state index contributed by atoms with van der Waals surface area (Å²) >= 11 is 0. The summed E-state index contributed by atoms with van der Waals surface area (Å²) in [5.74, 6) is -0.934. The Morgan fingerprint density at radius 2 is 1.95 bits per heavy atom. The molecule has 0 spiro atoms. The molecule has 7 nitrogen and oxygen atoms in total. The zero-order valence-electron chi connectivity index (χ0n) is 10.6. The van der Waals surface area contributed by atoms with E-state index in [9.17, 15) is 18.3 Å². The number of sulfonamides is 1. The SMILES string of the molecule is O=C(NO)C1C(O)CCCN1S(=O)(=O)c1ccccc1. The average molecular weight is 300 g/mol. The van der Waals surface area contributed by atoms with Gasteiger partial charge in [0.2, 0.25) is 10.0 Å². The van der Waals surface area contributed by atoms with Crippen LogP contribution in [0.2, 0.25) is 0 Å². The maximum atomic E-state index is 12.5. The monoisotopic (exact) mass is 300 g/mol. The minimum Gasteiger partial charge on any atom is -0.391 e. The second-order valence-electron chi connectivity index (χ2n) is 4.56. The molecule has 2 rings (SSSR count). The summed E-state index contributed by atoms with van der Waals surface area (Å²) in [5.41, 5.74) is 1.41. The highest BCUT2D eigenvalue weighted by Crippen LogP contribution is 2.25. The van der Waals surface area contributed by atoms with Gasteiger partial charge in [-0.25, -0.2) is 13.9 Å². The number of hydrogen-bond acceptors (Lipinski definition) is 5. The van der Waals surface area contributed by atoms with E-state index in [-0.39, 0.29) is 11.4 Å². The molecule has 0 bridgehead atoms. The third-order valence-corrected chi connectivity index (χ3v) is 5.18. The van der Waals surface area contributed by atoms with Crippen molar-refractivity contribution in [3.63, 3.8) is 0 Å². The molecular formula is C12H16N2O5S. The second-order valence-corrected chi connectivity index (χ2v) is 6.45. The molecule has 0 aliphatic carbocycles. The number of carbonyl (C=O) groups is 1. The van der Waals surface area contributed by atoms with Crippen molar-refractivity contribution in [1.29, 1.82) is 0 Å². The Bertz CT molecular complexity index is 575. The molecule has 1 saturated heterocycles. The van der Waals surface area contributed by atoms with Crippen LogP contribution in [0, 0.1) is 0 Å². The zero-order chi connectivity index (χ0) is 14.8. The van der Waals surface area contributed by atoms with Crippen molar-refractivity contribution in [3.8, 4) is 0 Å². The molecule has 1 aromatic carbocycles. The topological polar surface area (TPSA) is 107 Å². The highest BCUT2D eigenvalue weighted by atomic mass is 32.2. The molecule has 1 amide bonds. The highest BCUT2D eigenvalue weighted by Gasteiger charge is 2.42. The number of hydrogen-bond donors (Lipinski definition) is 3. The van der Waals surface area contributed by atoms with Gasteiger partial charge < -0.3 is 5.11 Å². The van der Waals surface area contributed by atoms with Gasteiger partial charge in [-0.3, -0.25) is 10.0 Å². The number of nitrogens with one attached hydrogen (secondary N) is 1. The maximum Gasteiger partial charge on any atom is 0.264 e. The predicted molar refractivity (Wildman–Crippen MR) is 69.3 cm³/mol. The van der Waals surface area contributed by atoms with Crippen molar-refractivity contribution in [1.82, 2.24) is 9.79 Å². The number of benzene rings is 1. The summed E-state index contributed by atoms with van der Waals surface area (Å²) in [7, 11) is -3.90. The van der Waals surface area contributed by atoms with Gasteiger partial charge in [-0.1, -0.05) is 18.2 Å². The van der Waals surface area contributed by atoms with Gasteiger partial charge in [-0.05, 0) is 25.0 Å². The zero-order valence-corrected chi connectivity index (χ0v) is 11.5. The fourth-order valence-electron chi connectivity index (χ4n) is 2.31. The van der Waals surface area contributed by atoms with Crippen molar-refractivity contribution in [2.75, 3.05) is 6.54 Å². The largest absolute Gasteiger partial charge is 0.391 e. The number of rotatable bonds is 3. The molecule has 8 heteroatoms. The van der Waals surface area contributed by atoms with Crippen LogP contribution in [-0.4, -0.2) is 47.6 Å². The lowest BCUT2D eigenvalue weighted by Crippen LogP contribution is -2.57. The van der Waals surface area contributed by atoms with Crippen molar-refractivity contribution in [3.05, 3.63) is 30.3 Å². The lowest BCUT2D eigenvalue weighted by Gasteiger charge is -2.36. The fraction of sp³-hybridized carbons (Fsp3) is 0.417. The van der Waals surface area contributed by atoms with E-state index in [1.165, 1.54) is 17.6 Å². The van der Waals surface area contributed by atoms with Crippen molar-refractivity contribution >= 4 is 15.9 Å². The average Bonchev–Trinajstić information content (AvgIpc) is 2.47. The van der Waals surface area contributed by atoms with Crippen LogP contribution < -0.4 is 5.48 Å². The molecule has 1 aliphatic rings. The van der Waals surface area contributed by atoms with Crippen LogP contribution >= 0.6 is 0 Å². The summed E-state index contributed by atoms with van der Waals surface area (Å²) < 4.78 is 26.0. The molecule has 20 heavy (non-hydrogen) atoms. The van der Waals surface area contributed by atoms with E-state index in [1.54, 1.807) is 18.2 Å². The standard InChI is InChI=1S/C12H16N2O5S/c15-10-7-4-8-14(11(10)12(16)13-17)20(18,19)9-5-2-1-3-6-9/h1-3,5-6,10-11,15,17H,4,7-8H2,(H,13,16). The quantitative estimate of drug-likeness (QED) is 0.525. The van der Waals surface area contributed by atoms with Crippen LogP contribution in [0.25, 0.3) is 0 Å². The Kier molecular flexibility index (Phi) is 4.39. The maximum absolute atomic E-state index is 12.5. The first kappa shape index (κ1) is 14.9. The molecule has 110 valence electrons. The first-order valence-corrected chi connectivity index (χ1v) is 7.61. The van der Waals surface area contributed by atoms with Gasteiger partial charge in [0.05, 0.1) is 11.0 Å². The van der Waals surface area contributed by atoms with E-state index < -0.39 is 28.1 Å². The number of amides is 1. The van der Waals surface area contributed by atoms with E-state index >= 15 is 0 Å². The van der Waals surface area contributed by atoms with Gasteiger partial charge in [0, 0.05) is 6.54 Å². The van der Waals surface area contributed by atoms with Gasteiger partial charge in [-0.2, -0.15) is 4.31 Å². The lowest BCUT2D eigenvalue weighted by molar-refractivity contribution is -0.138. The molecule has 0 saturated carbocycles. The first-order chi connectivity index (χ1) is 9.48. The Morgan fingerprint density at radius 1 is 1.30 bits per heavy atom. The molecule has 0 radical (unpaired) electrons. The smallest absolute Gasteiger partial charge is 0.264 e. The van der Waals surface area contributed by atoms with Gasteiger partial charge in [-0.15, -0.1) is 0 Å². The van der Waals surface area contributed by atoms with Crippen LogP contribution in [0.3, 0.4) is 0 Å². The van der Waals surface area contributed by atoms with Crippen LogP contribution in [0.5, 0.6) is 0 Å². The summed E-state index contributed by atoms with van der Waals surface area (Å²) in [6, 6.07) is 6.36. The van der Waals surface area contributed by atoms with E-state index in [0.717, 1.165) is 4.31 Å². The Labute approximate surface area is 116 Å². The molecule has 1 fully saturated rings. The first-order valence-electron chi connectivity index (χ1n) is 6.17. The Morgan fingerprint density at radius 3 is 2.55 bits per heavy atom. The number of aliphatic hydroxyl groups is 1. The highest BCUT2D eigenvalue weighted by molar-refractivity contribution is 7.89. The summed E-state index contributed by atoms with van der Waals surface area (Å²) in [5, 5.41) is 18.6. The van der Waals surface area contributed by atoms with E-state index in [1.807, 2.05) is 0 Å². The van der Waals surface area contributed by atoms with E-state index in [2.05, 4.69) is 0 Å².